The van der Waals surface area contributed by atoms with Crippen LogP contribution in [0.15, 0.2) is 48.5 Å². The average Bonchev–Trinajstić information content (AvgIpc) is 2.67. The molecule has 0 aliphatic heterocycles. The molecule has 0 aliphatic carbocycles. The normalized spacial score (nSPS) is 9.96. The highest BCUT2D eigenvalue weighted by Crippen LogP contribution is 2.28. The summed E-state index contributed by atoms with van der Waals surface area (Å²) < 4.78 is 15.1. The van der Waals surface area contributed by atoms with E-state index in [2.05, 4.69) is 5.32 Å². The number of nitrogens with one attached hydrogen (secondary N) is 1. The van der Waals surface area contributed by atoms with Gasteiger partial charge in [-0.1, -0.05) is 18.2 Å². The van der Waals surface area contributed by atoms with E-state index < -0.39 is 23.4 Å². The Bertz CT molecular complexity index is 809. The van der Waals surface area contributed by atoms with E-state index in [1.165, 1.54) is 25.3 Å². The summed E-state index contributed by atoms with van der Waals surface area (Å²) in [6.07, 6.45) is -0.0368. The summed E-state index contributed by atoms with van der Waals surface area (Å²) in [6.45, 7) is -0.457. The Morgan fingerprint density at radius 3 is 2.52 bits per heavy atom. The molecular formula is C18H18N2O7. The second kappa shape index (κ2) is 9.76. The first-order valence-corrected chi connectivity index (χ1v) is 7.95. The maximum absolute atomic E-state index is 11.9. The third-order valence-corrected chi connectivity index (χ3v) is 3.36. The quantitative estimate of drug-likeness (QED) is 0.407. The molecule has 0 fully saturated rings. The molecule has 0 aliphatic rings. The van der Waals surface area contributed by atoms with Crippen molar-refractivity contribution in [3.63, 3.8) is 0 Å². The molecule has 0 heterocycles. The van der Waals surface area contributed by atoms with Gasteiger partial charge in [0.2, 0.25) is 0 Å². The number of nitro groups is 1. The lowest BCUT2D eigenvalue weighted by Crippen LogP contribution is -2.22. The predicted molar refractivity (Wildman–Crippen MR) is 95.8 cm³/mol. The van der Waals surface area contributed by atoms with Crippen LogP contribution < -0.4 is 14.8 Å². The number of carbonyl (C=O) groups is 2. The first kappa shape index (κ1) is 19.7. The number of anilines is 1. The summed E-state index contributed by atoms with van der Waals surface area (Å²) in [7, 11) is 1.37. The number of para-hydroxylation sites is 1. The molecule has 1 amide bonds. The van der Waals surface area contributed by atoms with Gasteiger partial charge in [-0.15, -0.1) is 0 Å². The molecule has 1 N–H and O–H groups in total. The average molecular weight is 374 g/mol. The Morgan fingerprint density at radius 2 is 1.85 bits per heavy atom. The lowest BCUT2D eigenvalue weighted by molar-refractivity contribution is -0.384. The van der Waals surface area contributed by atoms with Crippen LogP contribution in [0.5, 0.6) is 11.5 Å². The molecule has 0 aromatic heterocycles. The van der Waals surface area contributed by atoms with E-state index in [9.17, 15) is 19.7 Å². The van der Waals surface area contributed by atoms with E-state index in [0.717, 1.165) is 0 Å². The van der Waals surface area contributed by atoms with Crippen LogP contribution in [0.4, 0.5) is 11.4 Å². The highest BCUT2D eigenvalue weighted by atomic mass is 16.6. The first-order valence-electron chi connectivity index (χ1n) is 7.95. The molecule has 0 radical (unpaired) electrons. The number of rotatable bonds is 9. The van der Waals surface area contributed by atoms with Crippen molar-refractivity contribution in [2.24, 2.45) is 0 Å². The van der Waals surface area contributed by atoms with Crippen LogP contribution in [-0.2, 0) is 14.3 Å². The summed E-state index contributed by atoms with van der Waals surface area (Å²) in [5.74, 6) is -0.412. The topological polar surface area (TPSA) is 117 Å². The van der Waals surface area contributed by atoms with Gasteiger partial charge in [0.05, 0.1) is 31.1 Å². The summed E-state index contributed by atoms with van der Waals surface area (Å²) >= 11 is 0. The third kappa shape index (κ3) is 6.31. The number of amides is 1. The van der Waals surface area contributed by atoms with Gasteiger partial charge in [-0.05, 0) is 24.3 Å². The molecule has 0 bridgehead atoms. The molecule has 0 saturated carbocycles. The summed E-state index contributed by atoms with van der Waals surface area (Å²) in [6, 6.07) is 12.9. The second-order valence-electron chi connectivity index (χ2n) is 5.26. The molecule has 9 heteroatoms. The van der Waals surface area contributed by atoms with Crippen molar-refractivity contribution in [1.29, 1.82) is 0 Å². The third-order valence-electron chi connectivity index (χ3n) is 3.36. The molecular weight excluding hydrogens is 356 g/mol. The molecule has 9 nitrogen and oxygen atoms in total. The van der Waals surface area contributed by atoms with Crippen LogP contribution in [0, 0.1) is 10.1 Å². The van der Waals surface area contributed by atoms with E-state index in [1.54, 1.807) is 24.3 Å². The molecule has 0 atom stereocenters. The van der Waals surface area contributed by atoms with Gasteiger partial charge < -0.3 is 19.5 Å². The number of esters is 1. The van der Waals surface area contributed by atoms with Gasteiger partial charge in [-0.25, -0.2) is 0 Å². The van der Waals surface area contributed by atoms with Gasteiger partial charge in [0, 0.05) is 0 Å². The minimum absolute atomic E-state index is 0.0192. The first-order chi connectivity index (χ1) is 13.0. The van der Waals surface area contributed by atoms with Crippen LogP contribution in [0.3, 0.4) is 0 Å². The summed E-state index contributed by atoms with van der Waals surface area (Å²) in [4.78, 5) is 33.9. The minimum Gasteiger partial charge on any atom is -0.496 e. The number of hydrogen-bond donors (Lipinski definition) is 1. The largest absolute Gasteiger partial charge is 0.496 e. The lowest BCUT2D eigenvalue weighted by Gasteiger charge is -2.09. The zero-order valence-electron chi connectivity index (χ0n) is 14.5. The van der Waals surface area contributed by atoms with Crippen molar-refractivity contribution in [3.8, 4) is 11.5 Å². The Hall–Kier alpha value is -3.62. The second-order valence-corrected chi connectivity index (χ2v) is 5.26. The van der Waals surface area contributed by atoms with Gasteiger partial charge in [-0.3, -0.25) is 19.7 Å². The molecule has 0 spiro atoms. The molecule has 2 aromatic rings. The maximum atomic E-state index is 11.9. The van der Waals surface area contributed by atoms with Crippen LogP contribution in [0.25, 0.3) is 0 Å². The van der Waals surface area contributed by atoms with Gasteiger partial charge in [0.25, 0.3) is 11.6 Å². The van der Waals surface area contributed by atoms with E-state index >= 15 is 0 Å². The molecule has 142 valence electrons. The van der Waals surface area contributed by atoms with Crippen molar-refractivity contribution in [1.82, 2.24) is 0 Å². The molecule has 0 saturated heterocycles. The SMILES string of the molecule is COc1ccc(NC(=O)COC(=O)CCOc2ccccc2)c([N+](=O)[O-])c1. The predicted octanol–water partition coefficient (Wildman–Crippen LogP) is 2.55. The van der Waals surface area contributed by atoms with Crippen molar-refractivity contribution in [3.05, 3.63) is 58.6 Å². The number of hydrogen-bond acceptors (Lipinski definition) is 7. The fraction of sp³-hybridized carbons (Fsp3) is 0.222. The number of methoxy groups -OCH3 is 1. The highest BCUT2D eigenvalue weighted by molar-refractivity contribution is 5.95. The molecule has 27 heavy (non-hydrogen) atoms. The van der Waals surface area contributed by atoms with Crippen LogP contribution in [0.1, 0.15) is 6.42 Å². The fourth-order valence-corrected chi connectivity index (χ4v) is 2.07. The zero-order chi connectivity index (χ0) is 19.6. The fourth-order valence-electron chi connectivity index (χ4n) is 2.07. The van der Waals surface area contributed by atoms with Gasteiger partial charge in [0.15, 0.2) is 6.61 Å². The number of nitro benzene ring substituents is 1. The van der Waals surface area contributed by atoms with Crippen LogP contribution in [0.2, 0.25) is 0 Å². The van der Waals surface area contributed by atoms with Crippen molar-refractivity contribution < 1.29 is 28.7 Å². The standard InChI is InChI=1S/C18H18N2O7/c1-25-14-7-8-15(16(11-14)20(23)24)19-17(21)12-27-18(22)9-10-26-13-5-3-2-4-6-13/h2-8,11H,9-10,12H2,1H3,(H,19,21). The number of carbonyl (C=O) groups excluding carboxylic acids is 2. The van der Waals surface area contributed by atoms with E-state index in [4.69, 9.17) is 14.2 Å². The number of benzene rings is 2. The van der Waals surface area contributed by atoms with Gasteiger partial charge >= 0.3 is 5.97 Å². The maximum Gasteiger partial charge on any atom is 0.309 e. The Labute approximate surface area is 155 Å². The van der Waals surface area contributed by atoms with Gasteiger partial charge in [0.1, 0.15) is 17.2 Å². The summed E-state index contributed by atoms with van der Waals surface area (Å²) in [5.41, 5.74) is -0.348. The Balaban J connectivity index is 1.78. The Kier molecular flexibility index (Phi) is 7.12. The Morgan fingerprint density at radius 1 is 1.11 bits per heavy atom. The van der Waals surface area contributed by atoms with E-state index in [0.29, 0.717) is 5.75 Å². The van der Waals surface area contributed by atoms with Gasteiger partial charge in [-0.2, -0.15) is 0 Å². The molecule has 2 rings (SSSR count). The number of nitrogens with zero attached hydrogens (tertiary/aromatic N) is 1. The summed E-state index contributed by atoms with van der Waals surface area (Å²) in [5, 5.41) is 13.4. The smallest absolute Gasteiger partial charge is 0.309 e. The van der Waals surface area contributed by atoms with Crippen molar-refractivity contribution in [2.45, 2.75) is 6.42 Å². The molecule has 2 aromatic carbocycles. The van der Waals surface area contributed by atoms with Crippen LogP contribution in [-0.4, -0.2) is 37.1 Å². The monoisotopic (exact) mass is 374 g/mol. The van der Waals surface area contributed by atoms with Crippen molar-refractivity contribution >= 4 is 23.3 Å². The van der Waals surface area contributed by atoms with Crippen molar-refractivity contribution in [2.75, 3.05) is 25.6 Å². The zero-order valence-corrected chi connectivity index (χ0v) is 14.5. The van der Waals surface area contributed by atoms with E-state index in [-0.39, 0.29) is 30.2 Å². The number of ether oxygens (including phenoxy) is 3. The van der Waals surface area contributed by atoms with E-state index in [1.807, 2.05) is 6.07 Å². The minimum atomic E-state index is -0.694. The lowest BCUT2D eigenvalue weighted by atomic mass is 10.2. The highest BCUT2D eigenvalue weighted by Gasteiger charge is 2.18. The van der Waals surface area contributed by atoms with Crippen LogP contribution >= 0.6 is 0 Å². The molecule has 0 unspecified atom stereocenters.